The number of carbonyl (C=O) groups is 1. The van der Waals surface area contributed by atoms with Gasteiger partial charge in [-0.1, -0.05) is 23.7 Å². The van der Waals surface area contributed by atoms with Crippen molar-refractivity contribution in [2.45, 2.75) is 0 Å². The normalized spacial score (nSPS) is 10.1. The van der Waals surface area contributed by atoms with Crippen molar-refractivity contribution in [2.24, 2.45) is 0 Å². The van der Waals surface area contributed by atoms with E-state index in [1.54, 1.807) is 24.4 Å². The Morgan fingerprint density at radius 1 is 1.25 bits per heavy atom. The second-order valence-corrected chi connectivity index (χ2v) is 2.61. The van der Waals surface area contributed by atoms with Gasteiger partial charge in [-0.25, -0.2) is 0 Å². The first-order valence-electron chi connectivity index (χ1n) is 3.45. The van der Waals surface area contributed by atoms with E-state index in [-0.39, 0.29) is 0 Å². The Bertz CT molecular complexity index is 279. The van der Waals surface area contributed by atoms with Crippen LogP contribution < -0.4 is 5.32 Å². The number of hydrogen-bond donors (Lipinski definition) is 1. The van der Waals surface area contributed by atoms with Crippen LogP contribution in [0.5, 0.6) is 0 Å². The number of carbonyl (C=O) groups excluding carboxylic acids is 1. The highest BCUT2D eigenvalue weighted by atomic mass is 35.5. The summed E-state index contributed by atoms with van der Waals surface area (Å²) in [6, 6.07) is 7.32. The molecule has 0 saturated carbocycles. The number of benzene rings is 1. The standard InChI is InChI=1S/C9H8ClNO/c10-9-3-1-8(2-4-9)5-6-11-7-12/h1-7H,(H,11,12)/b6-5-. The molecule has 3 heteroatoms. The molecule has 0 heterocycles. The zero-order valence-corrected chi connectivity index (χ0v) is 7.08. The van der Waals surface area contributed by atoms with Crippen molar-refractivity contribution in [3.63, 3.8) is 0 Å². The lowest BCUT2D eigenvalue weighted by Gasteiger charge is -1.92. The summed E-state index contributed by atoms with van der Waals surface area (Å²) >= 11 is 5.68. The number of halogens is 1. The molecule has 62 valence electrons. The molecule has 0 aliphatic heterocycles. The van der Waals surface area contributed by atoms with Crippen LogP contribution in [0.2, 0.25) is 5.02 Å². The lowest BCUT2D eigenvalue weighted by molar-refractivity contribution is -0.108. The van der Waals surface area contributed by atoms with Crippen LogP contribution in [0.3, 0.4) is 0 Å². The van der Waals surface area contributed by atoms with Gasteiger partial charge in [0.05, 0.1) is 0 Å². The van der Waals surface area contributed by atoms with Gasteiger partial charge in [-0.05, 0) is 23.8 Å². The summed E-state index contributed by atoms with van der Waals surface area (Å²) in [6.45, 7) is 0. The first-order valence-corrected chi connectivity index (χ1v) is 3.82. The molecule has 0 fully saturated rings. The molecule has 1 N–H and O–H groups in total. The van der Waals surface area contributed by atoms with Gasteiger partial charge >= 0.3 is 0 Å². The van der Waals surface area contributed by atoms with Crippen molar-refractivity contribution < 1.29 is 4.79 Å². The van der Waals surface area contributed by atoms with Crippen LogP contribution in [0, 0.1) is 0 Å². The smallest absolute Gasteiger partial charge is 0.211 e. The van der Waals surface area contributed by atoms with Gasteiger partial charge in [-0.15, -0.1) is 0 Å². The van der Waals surface area contributed by atoms with E-state index in [2.05, 4.69) is 5.32 Å². The summed E-state index contributed by atoms with van der Waals surface area (Å²) in [5.74, 6) is 0. The van der Waals surface area contributed by atoms with Gasteiger partial charge in [-0.3, -0.25) is 4.79 Å². The second kappa shape index (κ2) is 4.57. The SMILES string of the molecule is O=CN/C=C\c1ccc(Cl)cc1. The van der Waals surface area contributed by atoms with E-state index >= 15 is 0 Å². The minimum absolute atomic E-state index is 0.617. The number of rotatable bonds is 3. The Morgan fingerprint density at radius 3 is 2.50 bits per heavy atom. The minimum Gasteiger partial charge on any atom is -0.335 e. The molecule has 0 aliphatic rings. The van der Waals surface area contributed by atoms with Crippen LogP contribution >= 0.6 is 11.6 Å². The summed E-state index contributed by atoms with van der Waals surface area (Å²) in [5, 5.41) is 3.12. The van der Waals surface area contributed by atoms with Gasteiger partial charge < -0.3 is 5.32 Å². The third-order valence-corrected chi connectivity index (χ3v) is 1.56. The maximum absolute atomic E-state index is 9.87. The molecule has 0 spiro atoms. The highest BCUT2D eigenvalue weighted by molar-refractivity contribution is 6.30. The van der Waals surface area contributed by atoms with E-state index in [4.69, 9.17) is 11.6 Å². The lowest BCUT2D eigenvalue weighted by atomic mass is 10.2. The van der Waals surface area contributed by atoms with E-state index in [1.165, 1.54) is 0 Å². The first kappa shape index (κ1) is 8.81. The monoisotopic (exact) mass is 181 g/mol. The Labute approximate surface area is 75.9 Å². The molecule has 0 aromatic heterocycles. The number of nitrogens with one attached hydrogen (secondary N) is 1. The lowest BCUT2D eigenvalue weighted by Crippen LogP contribution is -1.97. The molecular formula is C9H8ClNO. The zero-order chi connectivity index (χ0) is 8.81. The molecule has 1 amide bonds. The molecule has 1 rings (SSSR count). The molecule has 0 bridgehead atoms. The average Bonchev–Trinajstić information content (AvgIpc) is 2.09. The van der Waals surface area contributed by atoms with Gasteiger partial charge in [0.2, 0.25) is 6.41 Å². The fourth-order valence-electron chi connectivity index (χ4n) is 0.758. The van der Waals surface area contributed by atoms with Gasteiger partial charge in [0.1, 0.15) is 0 Å². The van der Waals surface area contributed by atoms with E-state index in [1.807, 2.05) is 12.1 Å². The Morgan fingerprint density at radius 2 is 1.92 bits per heavy atom. The van der Waals surface area contributed by atoms with Gasteiger partial charge in [0.15, 0.2) is 0 Å². The van der Waals surface area contributed by atoms with Gasteiger partial charge in [0.25, 0.3) is 0 Å². The van der Waals surface area contributed by atoms with Crippen molar-refractivity contribution in [1.29, 1.82) is 0 Å². The topological polar surface area (TPSA) is 29.1 Å². The molecular weight excluding hydrogens is 174 g/mol. The third kappa shape index (κ3) is 2.76. The molecule has 0 radical (unpaired) electrons. The summed E-state index contributed by atoms with van der Waals surface area (Å²) in [5.41, 5.74) is 0.994. The Balaban J connectivity index is 2.64. The van der Waals surface area contributed by atoms with Crippen LogP contribution in [-0.4, -0.2) is 6.41 Å². The minimum atomic E-state index is 0.617. The molecule has 0 saturated heterocycles. The van der Waals surface area contributed by atoms with E-state index < -0.39 is 0 Å². The summed E-state index contributed by atoms with van der Waals surface area (Å²) in [6.07, 6.45) is 3.97. The maximum atomic E-state index is 9.87. The quantitative estimate of drug-likeness (QED) is 0.711. The highest BCUT2D eigenvalue weighted by Crippen LogP contribution is 2.09. The predicted molar refractivity (Wildman–Crippen MR) is 49.7 cm³/mol. The predicted octanol–water partition coefficient (Wildman–Crippen LogP) is 2.06. The molecule has 12 heavy (non-hydrogen) atoms. The van der Waals surface area contributed by atoms with Crippen LogP contribution in [0.4, 0.5) is 0 Å². The number of hydrogen-bond acceptors (Lipinski definition) is 1. The maximum Gasteiger partial charge on any atom is 0.211 e. The zero-order valence-electron chi connectivity index (χ0n) is 6.33. The van der Waals surface area contributed by atoms with Gasteiger partial charge in [0, 0.05) is 11.2 Å². The van der Waals surface area contributed by atoms with E-state index in [9.17, 15) is 4.79 Å². The van der Waals surface area contributed by atoms with Gasteiger partial charge in [-0.2, -0.15) is 0 Å². The third-order valence-electron chi connectivity index (χ3n) is 1.31. The van der Waals surface area contributed by atoms with Crippen molar-refractivity contribution >= 4 is 24.1 Å². The van der Waals surface area contributed by atoms with Crippen molar-refractivity contribution in [3.8, 4) is 0 Å². The average molecular weight is 182 g/mol. The summed E-state index contributed by atoms with van der Waals surface area (Å²) in [7, 11) is 0. The van der Waals surface area contributed by atoms with Crippen LogP contribution in [0.1, 0.15) is 5.56 Å². The molecule has 0 atom stereocenters. The Hall–Kier alpha value is -1.28. The Kier molecular flexibility index (Phi) is 3.35. The molecule has 1 aromatic rings. The van der Waals surface area contributed by atoms with E-state index in [0.29, 0.717) is 11.4 Å². The molecule has 1 aromatic carbocycles. The van der Waals surface area contributed by atoms with Crippen molar-refractivity contribution in [2.75, 3.05) is 0 Å². The largest absolute Gasteiger partial charge is 0.335 e. The van der Waals surface area contributed by atoms with Crippen molar-refractivity contribution in [1.82, 2.24) is 5.32 Å². The summed E-state index contributed by atoms with van der Waals surface area (Å²) < 4.78 is 0. The second-order valence-electron chi connectivity index (χ2n) is 2.17. The first-order chi connectivity index (χ1) is 5.83. The van der Waals surface area contributed by atoms with E-state index in [0.717, 1.165) is 5.56 Å². The van der Waals surface area contributed by atoms with Crippen molar-refractivity contribution in [3.05, 3.63) is 41.1 Å². The molecule has 0 unspecified atom stereocenters. The summed E-state index contributed by atoms with van der Waals surface area (Å²) in [4.78, 5) is 9.87. The van der Waals surface area contributed by atoms with Crippen LogP contribution in [-0.2, 0) is 4.79 Å². The fraction of sp³-hybridized carbons (Fsp3) is 0. The molecule has 2 nitrogen and oxygen atoms in total. The molecule has 0 aliphatic carbocycles. The fourth-order valence-corrected chi connectivity index (χ4v) is 0.884. The van der Waals surface area contributed by atoms with Crippen LogP contribution in [0.15, 0.2) is 30.5 Å². The number of amides is 1. The highest BCUT2D eigenvalue weighted by Gasteiger charge is 1.85. The van der Waals surface area contributed by atoms with Crippen LogP contribution in [0.25, 0.3) is 6.08 Å².